The second-order valence-corrected chi connectivity index (χ2v) is 7.40. The highest BCUT2D eigenvalue weighted by Crippen LogP contribution is 2.40. The Balaban J connectivity index is 1.54. The number of fused-ring (bicyclic) bond motifs is 1. The number of nitrogens with zero attached hydrogens (tertiary/aromatic N) is 5. The maximum atomic E-state index is 5.44. The van der Waals surface area contributed by atoms with Crippen molar-refractivity contribution in [1.82, 2.24) is 24.5 Å². The van der Waals surface area contributed by atoms with Crippen LogP contribution in [0.25, 0.3) is 17.0 Å². The second-order valence-electron chi connectivity index (χ2n) is 7.40. The average Bonchev–Trinajstić information content (AvgIpc) is 3.26. The molecule has 0 saturated heterocycles. The van der Waals surface area contributed by atoms with E-state index in [0.717, 1.165) is 16.7 Å². The Kier molecular flexibility index (Phi) is 6.00. The molecule has 5 aromatic rings. The van der Waals surface area contributed by atoms with Gasteiger partial charge in [0.1, 0.15) is 6.33 Å². The average molecular weight is 470 g/mol. The molecule has 176 valence electrons. The fraction of sp³-hybridized carbons (Fsp3) is 0.120. The minimum absolute atomic E-state index is 0.340. The van der Waals surface area contributed by atoms with Gasteiger partial charge in [0.25, 0.3) is 0 Å². The van der Waals surface area contributed by atoms with Crippen molar-refractivity contribution in [3.8, 4) is 23.2 Å². The van der Waals surface area contributed by atoms with Crippen molar-refractivity contribution in [2.75, 3.05) is 32.0 Å². The van der Waals surface area contributed by atoms with E-state index >= 15 is 0 Å². The molecule has 0 aliphatic heterocycles. The molecule has 5 rings (SSSR count). The Morgan fingerprint density at radius 1 is 0.714 bits per heavy atom. The molecule has 0 radical (unpaired) electrons. The molecule has 3 aromatic carbocycles. The summed E-state index contributed by atoms with van der Waals surface area (Å²) in [5.74, 6) is 2.85. The summed E-state index contributed by atoms with van der Waals surface area (Å²) in [5, 5.41) is 6.55. The Morgan fingerprint density at radius 3 is 2.14 bits per heavy atom. The molecular formula is C25H23N7O3. The van der Waals surface area contributed by atoms with Crippen molar-refractivity contribution in [1.29, 1.82) is 0 Å². The zero-order valence-corrected chi connectivity index (χ0v) is 19.4. The lowest BCUT2D eigenvalue weighted by Crippen LogP contribution is -2.08. The first kappa shape index (κ1) is 22.0. The molecule has 0 atom stereocenters. The number of methoxy groups -OCH3 is 3. The number of benzene rings is 3. The van der Waals surface area contributed by atoms with Crippen molar-refractivity contribution in [3.63, 3.8) is 0 Å². The quantitative estimate of drug-likeness (QED) is 0.334. The van der Waals surface area contributed by atoms with Crippen LogP contribution in [0.3, 0.4) is 0 Å². The van der Waals surface area contributed by atoms with Gasteiger partial charge < -0.3 is 24.8 Å². The zero-order chi connectivity index (χ0) is 24.2. The maximum absolute atomic E-state index is 5.44. The monoisotopic (exact) mass is 469 g/mol. The Morgan fingerprint density at radius 2 is 1.43 bits per heavy atom. The Hall–Kier alpha value is -4.86. The molecule has 0 aliphatic carbocycles. The van der Waals surface area contributed by atoms with Gasteiger partial charge in [0, 0.05) is 23.5 Å². The molecule has 0 unspecified atom stereocenters. The molecule has 0 fully saturated rings. The number of aromatic nitrogens is 5. The van der Waals surface area contributed by atoms with E-state index in [1.54, 1.807) is 33.5 Å². The minimum atomic E-state index is 0.340. The number of nitrogens with one attached hydrogen (secondary N) is 2. The van der Waals surface area contributed by atoms with Crippen molar-refractivity contribution < 1.29 is 14.2 Å². The van der Waals surface area contributed by atoms with Crippen LogP contribution >= 0.6 is 0 Å². The van der Waals surface area contributed by atoms with Gasteiger partial charge in [-0.3, -0.25) is 0 Å². The zero-order valence-electron chi connectivity index (χ0n) is 19.4. The van der Waals surface area contributed by atoms with E-state index in [0.29, 0.717) is 40.8 Å². The number of hydrogen-bond acceptors (Lipinski definition) is 9. The van der Waals surface area contributed by atoms with Gasteiger partial charge >= 0.3 is 0 Å². The number of imidazole rings is 1. The van der Waals surface area contributed by atoms with E-state index in [-0.39, 0.29) is 0 Å². The first-order valence-electron chi connectivity index (χ1n) is 10.8. The molecule has 35 heavy (non-hydrogen) atoms. The van der Waals surface area contributed by atoms with Gasteiger partial charge in [-0.2, -0.15) is 4.98 Å². The standard InChI is InChI=1S/C25H23N7O3/c1-33-20-13-17(14-21(34-2)22(20)35-3)28-23-26-15-27-24(31-23)32-19-12-8-7-11-18(19)30-25(32)29-16-9-5-4-6-10-16/h4-15H,1-3H3,(H,29,30)(H,26,27,28,31). The molecule has 10 nitrogen and oxygen atoms in total. The number of anilines is 4. The predicted octanol–water partition coefficient (Wildman–Crippen LogP) is 4.72. The van der Waals surface area contributed by atoms with Crippen molar-refractivity contribution in [3.05, 3.63) is 73.1 Å². The molecule has 0 spiro atoms. The summed E-state index contributed by atoms with van der Waals surface area (Å²) in [7, 11) is 4.68. The highest BCUT2D eigenvalue weighted by atomic mass is 16.5. The van der Waals surface area contributed by atoms with Crippen LogP contribution in [-0.4, -0.2) is 45.8 Å². The third-order valence-electron chi connectivity index (χ3n) is 5.27. The Labute approximate surface area is 201 Å². The summed E-state index contributed by atoms with van der Waals surface area (Å²) < 4.78 is 18.1. The van der Waals surface area contributed by atoms with Gasteiger partial charge in [0.2, 0.25) is 23.6 Å². The van der Waals surface area contributed by atoms with E-state index in [1.807, 2.05) is 59.2 Å². The van der Waals surface area contributed by atoms with Crippen molar-refractivity contribution >= 4 is 34.3 Å². The van der Waals surface area contributed by atoms with Crippen LogP contribution in [0.2, 0.25) is 0 Å². The van der Waals surface area contributed by atoms with Gasteiger partial charge in [-0.15, -0.1) is 0 Å². The lowest BCUT2D eigenvalue weighted by molar-refractivity contribution is 0.324. The molecule has 0 amide bonds. The van der Waals surface area contributed by atoms with E-state index in [4.69, 9.17) is 19.2 Å². The van der Waals surface area contributed by atoms with E-state index in [1.165, 1.54) is 6.33 Å². The van der Waals surface area contributed by atoms with Gasteiger partial charge in [0.05, 0.1) is 32.4 Å². The van der Waals surface area contributed by atoms with Crippen LogP contribution in [0.1, 0.15) is 0 Å². The summed E-state index contributed by atoms with van der Waals surface area (Å²) >= 11 is 0. The van der Waals surface area contributed by atoms with E-state index in [2.05, 4.69) is 25.6 Å². The highest BCUT2D eigenvalue weighted by molar-refractivity contribution is 5.81. The van der Waals surface area contributed by atoms with Crippen LogP contribution in [0.4, 0.5) is 23.3 Å². The number of rotatable bonds is 8. The van der Waals surface area contributed by atoms with Crippen molar-refractivity contribution in [2.24, 2.45) is 0 Å². The van der Waals surface area contributed by atoms with Crippen LogP contribution in [0.15, 0.2) is 73.1 Å². The molecule has 2 N–H and O–H groups in total. The smallest absolute Gasteiger partial charge is 0.241 e. The largest absolute Gasteiger partial charge is 0.493 e. The van der Waals surface area contributed by atoms with Crippen LogP contribution in [-0.2, 0) is 0 Å². The van der Waals surface area contributed by atoms with Crippen molar-refractivity contribution in [2.45, 2.75) is 0 Å². The molecular weight excluding hydrogens is 446 g/mol. The number of hydrogen-bond donors (Lipinski definition) is 2. The van der Waals surface area contributed by atoms with Gasteiger partial charge in [0.15, 0.2) is 11.5 Å². The third kappa shape index (κ3) is 4.36. The van der Waals surface area contributed by atoms with Crippen LogP contribution < -0.4 is 24.8 Å². The predicted molar refractivity (Wildman–Crippen MR) is 134 cm³/mol. The van der Waals surface area contributed by atoms with Crippen LogP contribution in [0, 0.1) is 0 Å². The van der Waals surface area contributed by atoms with Gasteiger partial charge in [-0.1, -0.05) is 30.3 Å². The Bertz CT molecular complexity index is 1450. The minimum Gasteiger partial charge on any atom is -0.493 e. The van der Waals surface area contributed by atoms with E-state index < -0.39 is 0 Å². The number of para-hydroxylation sites is 3. The first-order valence-corrected chi connectivity index (χ1v) is 10.8. The van der Waals surface area contributed by atoms with E-state index in [9.17, 15) is 0 Å². The highest BCUT2D eigenvalue weighted by Gasteiger charge is 2.17. The molecule has 0 saturated carbocycles. The fourth-order valence-corrected chi connectivity index (χ4v) is 3.70. The maximum Gasteiger partial charge on any atom is 0.241 e. The molecule has 2 heterocycles. The lowest BCUT2D eigenvalue weighted by Gasteiger charge is -2.15. The number of ether oxygens (including phenoxy) is 3. The fourth-order valence-electron chi connectivity index (χ4n) is 3.70. The summed E-state index contributed by atoms with van der Waals surface area (Å²) in [6.07, 6.45) is 1.45. The molecule has 10 heteroatoms. The normalized spacial score (nSPS) is 10.7. The van der Waals surface area contributed by atoms with Gasteiger partial charge in [-0.25, -0.2) is 19.5 Å². The molecule has 2 aromatic heterocycles. The summed E-state index contributed by atoms with van der Waals surface area (Å²) in [4.78, 5) is 18.1. The van der Waals surface area contributed by atoms with Gasteiger partial charge in [-0.05, 0) is 24.3 Å². The summed E-state index contributed by atoms with van der Waals surface area (Å²) in [6, 6.07) is 21.2. The third-order valence-corrected chi connectivity index (χ3v) is 5.27. The second kappa shape index (κ2) is 9.56. The molecule has 0 aliphatic rings. The molecule has 0 bridgehead atoms. The lowest BCUT2D eigenvalue weighted by atomic mass is 10.2. The first-order chi connectivity index (χ1) is 17.2. The summed E-state index contributed by atoms with van der Waals surface area (Å²) in [6.45, 7) is 0. The van der Waals surface area contributed by atoms with Crippen LogP contribution in [0.5, 0.6) is 17.2 Å². The SMILES string of the molecule is COc1cc(Nc2ncnc(-n3c(Nc4ccccc4)nc4ccccc43)n2)cc(OC)c1OC. The summed E-state index contributed by atoms with van der Waals surface area (Å²) in [5.41, 5.74) is 3.23. The topological polar surface area (TPSA) is 108 Å².